The summed E-state index contributed by atoms with van der Waals surface area (Å²) in [5.41, 5.74) is 9.94. The SMILES string of the molecule is CC(C)(C)c1cn2c3c(c(-c4ccccc4)cc(-c4ccccc4)c13)CCC2. The molecule has 2 heterocycles. The third-order valence-electron chi connectivity index (χ3n) is 6.05. The van der Waals surface area contributed by atoms with Crippen molar-refractivity contribution < 1.29 is 0 Å². The van der Waals surface area contributed by atoms with Crippen LogP contribution in [0.3, 0.4) is 0 Å². The molecule has 0 saturated carbocycles. The Morgan fingerprint density at radius 2 is 1.39 bits per heavy atom. The van der Waals surface area contributed by atoms with Crippen molar-refractivity contribution in [3.63, 3.8) is 0 Å². The van der Waals surface area contributed by atoms with Gasteiger partial charge >= 0.3 is 0 Å². The molecule has 1 aliphatic heterocycles. The van der Waals surface area contributed by atoms with Gasteiger partial charge in [0.1, 0.15) is 0 Å². The lowest BCUT2D eigenvalue weighted by Gasteiger charge is -2.23. The average Bonchev–Trinajstić information content (AvgIpc) is 3.11. The number of nitrogens with zero attached hydrogens (tertiary/aromatic N) is 1. The smallest absolute Gasteiger partial charge is 0.0528 e. The molecule has 0 unspecified atom stereocenters. The quantitative estimate of drug-likeness (QED) is 0.353. The van der Waals surface area contributed by atoms with Crippen molar-refractivity contribution in [3.8, 4) is 22.3 Å². The fourth-order valence-corrected chi connectivity index (χ4v) is 4.73. The maximum absolute atomic E-state index is 2.52. The van der Waals surface area contributed by atoms with Crippen LogP contribution in [-0.4, -0.2) is 4.57 Å². The molecule has 0 fully saturated rings. The monoisotopic (exact) mass is 365 g/mol. The summed E-state index contributed by atoms with van der Waals surface area (Å²) < 4.78 is 2.52. The Hall–Kier alpha value is -2.80. The Morgan fingerprint density at radius 1 is 0.786 bits per heavy atom. The minimum absolute atomic E-state index is 0.114. The van der Waals surface area contributed by atoms with E-state index in [1.54, 1.807) is 0 Å². The van der Waals surface area contributed by atoms with Crippen LogP contribution < -0.4 is 0 Å². The number of aromatic nitrogens is 1. The first-order valence-electron chi connectivity index (χ1n) is 10.3. The van der Waals surface area contributed by atoms with E-state index in [2.05, 4.69) is 98.3 Å². The maximum Gasteiger partial charge on any atom is 0.0528 e. The summed E-state index contributed by atoms with van der Waals surface area (Å²) in [6.07, 6.45) is 4.79. The van der Waals surface area contributed by atoms with Crippen LogP contribution in [0.4, 0.5) is 0 Å². The molecule has 3 aromatic carbocycles. The first-order chi connectivity index (χ1) is 13.5. The molecule has 5 rings (SSSR count). The lowest BCUT2D eigenvalue weighted by Crippen LogP contribution is -2.10. The first-order valence-corrected chi connectivity index (χ1v) is 10.3. The van der Waals surface area contributed by atoms with Gasteiger partial charge in [0.05, 0.1) is 5.52 Å². The van der Waals surface area contributed by atoms with Crippen molar-refractivity contribution in [3.05, 3.63) is 84.1 Å². The Morgan fingerprint density at radius 3 is 2.00 bits per heavy atom. The van der Waals surface area contributed by atoms with Crippen molar-refractivity contribution in [2.45, 2.75) is 45.6 Å². The number of hydrogen-bond donors (Lipinski definition) is 0. The van der Waals surface area contributed by atoms with Gasteiger partial charge in [-0.25, -0.2) is 0 Å². The molecule has 1 heteroatoms. The predicted molar refractivity (Wildman–Crippen MR) is 120 cm³/mol. The molecule has 1 nitrogen and oxygen atoms in total. The van der Waals surface area contributed by atoms with Gasteiger partial charge in [0, 0.05) is 18.1 Å². The topological polar surface area (TPSA) is 4.93 Å². The Bertz CT molecular complexity index is 1140. The van der Waals surface area contributed by atoms with Crippen LogP contribution in [0.15, 0.2) is 72.9 Å². The van der Waals surface area contributed by atoms with Crippen LogP contribution in [0.5, 0.6) is 0 Å². The second-order valence-corrected chi connectivity index (χ2v) is 9.00. The fourth-order valence-electron chi connectivity index (χ4n) is 4.73. The molecule has 28 heavy (non-hydrogen) atoms. The molecule has 0 aliphatic carbocycles. The molecule has 0 spiro atoms. The van der Waals surface area contributed by atoms with Crippen molar-refractivity contribution in [2.24, 2.45) is 0 Å². The molecule has 0 amide bonds. The van der Waals surface area contributed by atoms with Crippen LogP contribution in [0, 0.1) is 0 Å². The Labute approximate surface area is 167 Å². The molecule has 4 aromatic rings. The minimum Gasteiger partial charge on any atom is -0.347 e. The summed E-state index contributed by atoms with van der Waals surface area (Å²) in [5.74, 6) is 0. The van der Waals surface area contributed by atoms with Gasteiger partial charge < -0.3 is 4.57 Å². The van der Waals surface area contributed by atoms with Gasteiger partial charge in [0.2, 0.25) is 0 Å². The second-order valence-electron chi connectivity index (χ2n) is 9.00. The molecular formula is C27H27N. The maximum atomic E-state index is 2.52. The third kappa shape index (κ3) is 2.69. The summed E-state index contributed by atoms with van der Waals surface area (Å²) in [6, 6.07) is 24.3. The van der Waals surface area contributed by atoms with E-state index in [0.29, 0.717) is 0 Å². The van der Waals surface area contributed by atoms with Crippen LogP contribution >= 0.6 is 0 Å². The number of benzene rings is 3. The molecule has 0 radical (unpaired) electrons. The molecular weight excluding hydrogens is 338 g/mol. The molecule has 1 aliphatic rings. The Balaban J connectivity index is 1.94. The molecule has 140 valence electrons. The van der Waals surface area contributed by atoms with E-state index in [9.17, 15) is 0 Å². The highest BCUT2D eigenvalue weighted by Crippen LogP contribution is 2.45. The highest BCUT2D eigenvalue weighted by Gasteiger charge is 2.27. The van der Waals surface area contributed by atoms with E-state index in [1.807, 2.05) is 0 Å². The summed E-state index contributed by atoms with van der Waals surface area (Å²) in [6.45, 7) is 8.13. The van der Waals surface area contributed by atoms with Crippen LogP contribution in [0.25, 0.3) is 33.2 Å². The Kier molecular flexibility index (Phi) is 3.94. The zero-order chi connectivity index (χ0) is 19.3. The van der Waals surface area contributed by atoms with E-state index in [1.165, 1.54) is 50.7 Å². The summed E-state index contributed by atoms with van der Waals surface area (Å²) in [4.78, 5) is 0. The van der Waals surface area contributed by atoms with Crippen LogP contribution in [-0.2, 0) is 18.4 Å². The normalized spacial score (nSPS) is 13.8. The van der Waals surface area contributed by atoms with Gasteiger partial charge in [-0.05, 0) is 57.7 Å². The summed E-state index contributed by atoms with van der Waals surface area (Å²) >= 11 is 0. The highest BCUT2D eigenvalue weighted by atomic mass is 15.0. The molecule has 0 atom stereocenters. The van der Waals surface area contributed by atoms with Gasteiger partial charge in [0.15, 0.2) is 0 Å². The molecule has 0 N–H and O–H groups in total. The van der Waals surface area contributed by atoms with Crippen molar-refractivity contribution in [1.82, 2.24) is 4.57 Å². The largest absolute Gasteiger partial charge is 0.347 e. The minimum atomic E-state index is 0.114. The fraction of sp³-hybridized carbons (Fsp3) is 0.259. The third-order valence-corrected chi connectivity index (χ3v) is 6.05. The summed E-state index contributed by atoms with van der Waals surface area (Å²) in [5, 5.41) is 1.45. The summed E-state index contributed by atoms with van der Waals surface area (Å²) in [7, 11) is 0. The van der Waals surface area contributed by atoms with Gasteiger partial charge in [0.25, 0.3) is 0 Å². The second kappa shape index (κ2) is 6.38. The van der Waals surface area contributed by atoms with Gasteiger partial charge in [-0.1, -0.05) is 81.4 Å². The number of hydrogen-bond acceptors (Lipinski definition) is 0. The van der Waals surface area contributed by atoms with Gasteiger partial charge in [-0.2, -0.15) is 0 Å². The molecule has 1 aromatic heterocycles. The van der Waals surface area contributed by atoms with E-state index in [-0.39, 0.29) is 5.41 Å². The lowest BCUT2D eigenvalue weighted by atomic mass is 9.82. The van der Waals surface area contributed by atoms with Crippen LogP contribution in [0.2, 0.25) is 0 Å². The zero-order valence-electron chi connectivity index (χ0n) is 17.0. The van der Waals surface area contributed by atoms with E-state index in [4.69, 9.17) is 0 Å². The van der Waals surface area contributed by atoms with E-state index >= 15 is 0 Å². The van der Waals surface area contributed by atoms with Crippen LogP contribution in [0.1, 0.15) is 38.3 Å². The standard InChI is InChI=1S/C27H27N/c1-27(2,3)24-18-28-16-10-15-21-22(19-11-6-4-7-12-19)17-23(25(24)26(21)28)20-13-8-5-9-14-20/h4-9,11-14,17-18H,10,15-16H2,1-3H3. The van der Waals surface area contributed by atoms with Crippen molar-refractivity contribution in [1.29, 1.82) is 0 Å². The van der Waals surface area contributed by atoms with E-state index in [0.717, 1.165) is 13.0 Å². The van der Waals surface area contributed by atoms with Gasteiger partial charge in [-0.15, -0.1) is 0 Å². The molecule has 0 saturated heterocycles. The highest BCUT2D eigenvalue weighted by molar-refractivity contribution is 6.04. The predicted octanol–water partition coefficient (Wildman–Crippen LogP) is 7.22. The first kappa shape index (κ1) is 17.3. The van der Waals surface area contributed by atoms with Crippen molar-refractivity contribution >= 4 is 10.9 Å². The number of aryl methyl sites for hydroxylation is 2. The zero-order valence-corrected chi connectivity index (χ0v) is 17.0. The molecule has 0 bridgehead atoms. The number of rotatable bonds is 2. The van der Waals surface area contributed by atoms with Gasteiger partial charge in [-0.3, -0.25) is 0 Å². The van der Waals surface area contributed by atoms with E-state index < -0.39 is 0 Å². The lowest BCUT2D eigenvalue weighted by molar-refractivity contribution is 0.584. The van der Waals surface area contributed by atoms with Crippen molar-refractivity contribution in [2.75, 3.05) is 0 Å². The average molecular weight is 366 g/mol.